The van der Waals surface area contributed by atoms with Crippen LogP contribution >= 0.6 is 63.5 Å². The maximum absolute atomic E-state index is 14.4. The molecule has 0 saturated heterocycles. The largest absolute Gasteiger partial charge is 0.407 e. The zero-order valence-corrected chi connectivity index (χ0v) is 20.3. The fraction of sp³-hybridized carbons (Fsp3) is 0.600. The lowest BCUT2D eigenvalue weighted by Crippen LogP contribution is -2.40. The van der Waals surface area contributed by atoms with Crippen LogP contribution in [0.25, 0.3) is 0 Å². The Bertz CT molecular complexity index is 763. The van der Waals surface area contributed by atoms with E-state index in [1.807, 2.05) is 6.92 Å². The van der Waals surface area contributed by atoms with Crippen LogP contribution in [0.15, 0.2) is 28.7 Å². The molecule has 0 spiro atoms. The Kier molecular flexibility index (Phi) is 7.09. The number of allylic oxidation sites excluding steroid dienone is 2. The minimum absolute atomic E-state index is 0.0538. The van der Waals surface area contributed by atoms with Gasteiger partial charge in [0.1, 0.15) is 4.75 Å². The number of alkyl halides is 4. The van der Waals surface area contributed by atoms with Gasteiger partial charge in [0, 0.05) is 20.1 Å². The quantitative estimate of drug-likeness (QED) is 0.299. The molecule has 3 rings (SSSR count). The average molecular weight is 534 g/mol. The first-order valence-corrected chi connectivity index (χ1v) is 12.2. The highest BCUT2D eigenvalue weighted by atomic mass is 79.9. The van der Waals surface area contributed by atoms with Gasteiger partial charge in [-0.1, -0.05) is 58.0 Å². The summed E-state index contributed by atoms with van der Waals surface area (Å²) in [4.78, 5) is 0.973. The van der Waals surface area contributed by atoms with Crippen molar-refractivity contribution in [2.75, 3.05) is 0 Å². The maximum Gasteiger partial charge on any atom is 0.407 e. The first kappa shape index (κ1) is 23.2. The number of thiol groups is 1. The molecule has 156 valence electrons. The van der Waals surface area contributed by atoms with Crippen LogP contribution in [0.5, 0.6) is 0 Å². The molecule has 1 aliphatic heterocycles. The van der Waals surface area contributed by atoms with E-state index in [2.05, 4.69) is 35.5 Å². The molecule has 1 aromatic carbocycles. The molecule has 0 N–H and O–H groups in total. The normalized spacial score (nSPS) is 34.2. The Labute approximate surface area is 192 Å². The zero-order chi connectivity index (χ0) is 20.9. The first-order valence-electron chi connectivity index (χ1n) is 9.24. The van der Waals surface area contributed by atoms with E-state index in [9.17, 15) is 13.2 Å². The van der Waals surface area contributed by atoms with Gasteiger partial charge in [-0.2, -0.15) is 25.8 Å². The number of halogens is 6. The third-order valence-electron chi connectivity index (χ3n) is 5.99. The molecule has 8 heteroatoms. The summed E-state index contributed by atoms with van der Waals surface area (Å²) in [6, 6.07) is 4.27. The number of rotatable bonds is 3. The molecule has 0 aromatic heterocycles. The van der Waals surface area contributed by atoms with Crippen LogP contribution in [0.1, 0.15) is 45.1 Å². The topological polar surface area (TPSA) is 0 Å². The van der Waals surface area contributed by atoms with Crippen molar-refractivity contribution < 1.29 is 13.2 Å². The Morgan fingerprint density at radius 1 is 1.21 bits per heavy atom. The number of benzene rings is 1. The molecule has 1 aliphatic carbocycles. The molecule has 1 saturated carbocycles. The molecule has 1 heterocycles. The zero-order valence-electron chi connectivity index (χ0n) is 15.5. The van der Waals surface area contributed by atoms with Crippen molar-refractivity contribution in [1.29, 1.82) is 0 Å². The summed E-state index contributed by atoms with van der Waals surface area (Å²) in [5, 5.41) is 0.677. The molecule has 0 bridgehead atoms. The summed E-state index contributed by atoms with van der Waals surface area (Å²) in [7, 11) is 0. The molecule has 0 amide bonds. The molecule has 2 aliphatic rings. The smallest absolute Gasteiger partial charge is 0.175 e. The minimum atomic E-state index is -4.43. The van der Waals surface area contributed by atoms with Crippen LogP contribution in [0.3, 0.4) is 0 Å². The second-order valence-corrected chi connectivity index (χ2v) is 11.7. The van der Waals surface area contributed by atoms with E-state index in [-0.39, 0.29) is 43.9 Å². The van der Waals surface area contributed by atoms with Gasteiger partial charge in [-0.05, 0) is 66.7 Å². The van der Waals surface area contributed by atoms with E-state index in [0.717, 1.165) is 41.5 Å². The van der Waals surface area contributed by atoms with Gasteiger partial charge < -0.3 is 0 Å². The van der Waals surface area contributed by atoms with E-state index in [1.54, 1.807) is 0 Å². The molecule has 5 atom stereocenters. The fourth-order valence-corrected chi connectivity index (χ4v) is 7.95. The number of hydrogen-bond donors (Lipinski definition) is 1. The molecule has 0 radical (unpaired) electrons. The summed E-state index contributed by atoms with van der Waals surface area (Å²) in [6.45, 7) is 3.92. The first-order chi connectivity index (χ1) is 13.0. The Hall–Kier alpha value is 0.510. The molecular weight excluding hydrogens is 512 g/mol. The van der Waals surface area contributed by atoms with E-state index >= 15 is 0 Å². The maximum atomic E-state index is 14.4. The predicted molar refractivity (Wildman–Crippen MR) is 121 cm³/mol. The van der Waals surface area contributed by atoms with E-state index in [1.165, 1.54) is 18.2 Å². The highest BCUT2D eigenvalue weighted by Gasteiger charge is 2.60. The Morgan fingerprint density at radius 2 is 1.82 bits per heavy atom. The van der Waals surface area contributed by atoms with Gasteiger partial charge in [-0.15, -0.1) is 11.8 Å². The van der Waals surface area contributed by atoms with Crippen molar-refractivity contribution in [3.05, 3.63) is 44.3 Å². The second-order valence-electron chi connectivity index (χ2n) is 7.61. The van der Waals surface area contributed by atoms with Crippen LogP contribution in [0.2, 0.25) is 10.0 Å². The second kappa shape index (κ2) is 8.57. The van der Waals surface area contributed by atoms with E-state index in [0.29, 0.717) is 0 Å². The third kappa shape index (κ3) is 4.15. The van der Waals surface area contributed by atoms with Crippen LogP contribution in [0, 0.1) is 11.8 Å². The third-order valence-corrected chi connectivity index (χ3v) is 10.3. The van der Waals surface area contributed by atoms with Crippen LogP contribution in [0.4, 0.5) is 13.2 Å². The van der Waals surface area contributed by atoms with Crippen LogP contribution < -0.4 is 0 Å². The molecule has 1 fully saturated rings. The summed E-state index contributed by atoms with van der Waals surface area (Å²) in [5.41, 5.74) is 1.05. The van der Waals surface area contributed by atoms with Crippen LogP contribution in [-0.2, 0) is 4.75 Å². The van der Waals surface area contributed by atoms with Gasteiger partial charge in [0.25, 0.3) is 0 Å². The van der Waals surface area contributed by atoms with Crippen molar-refractivity contribution in [2.24, 2.45) is 11.8 Å². The number of hydrogen-bond acceptors (Lipinski definition) is 2. The lowest BCUT2D eigenvalue weighted by atomic mass is 9.71. The fourth-order valence-electron chi connectivity index (χ4n) is 4.59. The number of thioether (sulfide) groups is 1. The Balaban J connectivity index is 2.02. The molecule has 28 heavy (non-hydrogen) atoms. The van der Waals surface area contributed by atoms with Gasteiger partial charge in [-0.25, -0.2) is 0 Å². The monoisotopic (exact) mass is 532 g/mol. The predicted octanol–water partition coefficient (Wildman–Crippen LogP) is 8.66. The van der Waals surface area contributed by atoms with Crippen molar-refractivity contribution >= 4 is 63.5 Å². The van der Waals surface area contributed by atoms with Gasteiger partial charge in [0.2, 0.25) is 0 Å². The lowest BCUT2D eigenvalue weighted by Gasteiger charge is -2.40. The minimum Gasteiger partial charge on any atom is -0.175 e. The van der Waals surface area contributed by atoms with E-state index < -0.39 is 10.9 Å². The highest BCUT2D eigenvalue weighted by molar-refractivity contribution is 9.09. The van der Waals surface area contributed by atoms with Gasteiger partial charge >= 0.3 is 6.18 Å². The van der Waals surface area contributed by atoms with Gasteiger partial charge in [0.15, 0.2) is 0 Å². The van der Waals surface area contributed by atoms with Crippen molar-refractivity contribution in [3.63, 3.8) is 0 Å². The summed E-state index contributed by atoms with van der Waals surface area (Å²) in [5.74, 6) is 0.401. The van der Waals surface area contributed by atoms with Gasteiger partial charge in [-0.3, -0.25) is 0 Å². The lowest BCUT2D eigenvalue weighted by molar-refractivity contribution is -0.161. The van der Waals surface area contributed by atoms with Gasteiger partial charge in [0.05, 0.1) is 0 Å². The standard InChI is InChI=1S/C20H22BrCl2F3S2/c1-3-14-15(4-5-17(27)18(14)21)16-9-19(20(24,25)26,28-10(16)2)11-6-12(22)8-13(23)7-11/h6-8,14-15,17-18,27H,3-5,9H2,1-2H3/t14?,15-,17?,18?,19?/m1/s1. The summed E-state index contributed by atoms with van der Waals surface area (Å²) in [6.07, 6.45) is -1.82. The molecule has 4 unspecified atom stereocenters. The molecule has 1 aromatic rings. The average Bonchev–Trinajstić information content (AvgIpc) is 2.95. The van der Waals surface area contributed by atoms with Crippen molar-refractivity contribution in [3.8, 4) is 0 Å². The van der Waals surface area contributed by atoms with Crippen molar-refractivity contribution in [1.82, 2.24) is 0 Å². The Morgan fingerprint density at radius 3 is 2.36 bits per heavy atom. The van der Waals surface area contributed by atoms with E-state index in [4.69, 9.17) is 23.2 Å². The summed E-state index contributed by atoms with van der Waals surface area (Å²) >= 11 is 21.4. The summed E-state index contributed by atoms with van der Waals surface area (Å²) < 4.78 is 41.3. The molecular formula is C20H22BrCl2F3S2. The van der Waals surface area contributed by atoms with Crippen molar-refractivity contribution in [2.45, 2.75) is 60.5 Å². The molecule has 0 nitrogen and oxygen atoms in total. The SMILES string of the molecule is CCC1C(Br)C(S)CC[C@H]1C1=C(C)SC(c2cc(Cl)cc(Cl)c2)(C(F)(F)F)C1. The van der Waals surface area contributed by atoms with Crippen LogP contribution in [-0.4, -0.2) is 16.3 Å². The highest BCUT2D eigenvalue weighted by Crippen LogP contribution is 2.63.